The highest BCUT2D eigenvalue weighted by Gasteiger charge is 2.17. The molecule has 0 aliphatic carbocycles. The summed E-state index contributed by atoms with van der Waals surface area (Å²) in [6.07, 6.45) is 0. The minimum Gasteiger partial charge on any atom is -0.341 e. The molecule has 4 nitrogen and oxygen atoms in total. The minimum absolute atomic E-state index is 0.141. The van der Waals surface area contributed by atoms with Crippen molar-refractivity contribution in [3.63, 3.8) is 0 Å². The third kappa shape index (κ3) is 2.57. The average Bonchev–Trinajstić information content (AvgIpc) is 2.00. The molecule has 0 rings (SSSR count). The Morgan fingerprint density at radius 3 is 2.09 bits per heavy atom. The Balaban J connectivity index is 4.13. The van der Waals surface area contributed by atoms with E-state index in [-0.39, 0.29) is 17.9 Å². The van der Waals surface area contributed by atoms with E-state index in [2.05, 4.69) is 5.32 Å². The van der Waals surface area contributed by atoms with Crippen LogP contribution in [0.3, 0.4) is 0 Å². The molecule has 64 valence electrons. The summed E-state index contributed by atoms with van der Waals surface area (Å²) in [5.41, 5.74) is 0. The number of amides is 3. The fourth-order valence-corrected chi connectivity index (χ4v) is 0.655. The quantitative estimate of drug-likeness (QED) is 0.602. The van der Waals surface area contributed by atoms with Crippen molar-refractivity contribution < 1.29 is 9.59 Å². The molecular formula is C7H14N2O2. The predicted molar refractivity (Wildman–Crippen MR) is 42.1 cm³/mol. The van der Waals surface area contributed by atoms with Crippen LogP contribution in [0.1, 0.15) is 13.8 Å². The number of carbonyl (C=O) groups excluding carboxylic acids is 2. The van der Waals surface area contributed by atoms with Gasteiger partial charge < -0.3 is 5.32 Å². The summed E-state index contributed by atoms with van der Waals surface area (Å²) in [4.78, 5) is 23.0. The smallest absolute Gasteiger partial charge is 0.323 e. The lowest BCUT2D eigenvalue weighted by Gasteiger charge is -2.16. The third-order valence-electron chi connectivity index (χ3n) is 1.34. The second kappa shape index (κ2) is 3.95. The fraction of sp³-hybridized carbons (Fsp3) is 0.714. The topological polar surface area (TPSA) is 49.4 Å². The molecule has 0 spiro atoms. The highest BCUT2D eigenvalue weighted by atomic mass is 16.2. The summed E-state index contributed by atoms with van der Waals surface area (Å²) in [6.45, 7) is 3.50. The van der Waals surface area contributed by atoms with Crippen LogP contribution in [0, 0.1) is 5.92 Å². The normalized spacial score (nSPS) is 9.55. The molecule has 0 aromatic heterocycles. The zero-order valence-electron chi connectivity index (χ0n) is 7.34. The predicted octanol–water partition coefficient (Wildman–Crippen LogP) is 0.440. The number of urea groups is 1. The van der Waals surface area contributed by atoms with E-state index in [4.69, 9.17) is 0 Å². The van der Waals surface area contributed by atoms with Gasteiger partial charge in [-0.2, -0.15) is 0 Å². The summed E-state index contributed by atoms with van der Waals surface area (Å²) >= 11 is 0. The first kappa shape index (κ1) is 9.94. The lowest BCUT2D eigenvalue weighted by Crippen LogP contribution is -2.41. The van der Waals surface area contributed by atoms with Crippen LogP contribution < -0.4 is 5.32 Å². The van der Waals surface area contributed by atoms with Crippen molar-refractivity contribution in [3.05, 3.63) is 0 Å². The van der Waals surface area contributed by atoms with Gasteiger partial charge in [0, 0.05) is 20.0 Å². The maximum absolute atomic E-state index is 11.1. The SMILES string of the molecule is CNC(=O)N(C)C(=O)C(C)C. The van der Waals surface area contributed by atoms with E-state index < -0.39 is 0 Å². The number of imide groups is 1. The largest absolute Gasteiger partial charge is 0.341 e. The molecule has 0 bridgehead atoms. The molecule has 0 saturated heterocycles. The molecule has 0 aliphatic rings. The van der Waals surface area contributed by atoms with E-state index in [9.17, 15) is 9.59 Å². The summed E-state index contributed by atoms with van der Waals surface area (Å²) in [6, 6.07) is -0.372. The van der Waals surface area contributed by atoms with Gasteiger partial charge in [0.1, 0.15) is 0 Å². The van der Waals surface area contributed by atoms with E-state index in [0.717, 1.165) is 4.90 Å². The van der Waals surface area contributed by atoms with Crippen molar-refractivity contribution in [2.45, 2.75) is 13.8 Å². The van der Waals surface area contributed by atoms with Gasteiger partial charge in [-0.15, -0.1) is 0 Å². The summed E-state index contributed by atoms with van der Waals surface area (Å²) < 4.78 is 0. The molecule has 0 unspecified atom stereocenters. The van der Waals surface area contributed by atoms with Crippen LogP contribution in [0.15, 0.2) is 0 Å². The Kier molecular flexibility index (Phi) is 3.57. The standard InChI is InChI=1S/C7H14N2O2/c1-5(2)6(10)9(4)7(11)8-3/h5H,1-4H3,(H,8,11). The van der Waals surface area contributed by atoms with Crippen molar-refractivity contribution in [2.24, 2.45) is 5.92 Å². The van der Waals surface area contributed by atoms with Crippen LogP contribution in [-0.4, -0.2) is 30.9 Å². The molecule has 3 amide bonds. The fourth-order valence-electron chi connectivity index (χ4n) is 0.655. The second-order valence-corrected chi connectivity index (χ2v) is 2.61. The zero-order chi connectivity index (χ0) is 9.02. The highest BCUT2D eigenvalue weighted by molar-refractivity contribution is 5.94. The van der Waals surface area contributed by atoms with Crippen LogP contribution in [0.5, 0.6) is 0 Å². The van der Waals surface area contributed by atoms with Gasteiger partial charge >= 0.3 is 6.03 Å². The number of nitrogens with one attached hydrogen (secondary N) is 1. The summed E-state index contributed by atoms with van der Waals surface area (Å²) in [5, 5.41) is 2.37. The lowest BCUT2D eigenvalue weighted by molar-refractivity contribution is -0.130. The number of nitrogens with zero attached hydrogens (tertiary/aromatic N) is 1. The molecule has 0 aromatic rings. The number of rotatable bonds is 1. The highest BCUT2D eigenvalue weighted by Crippen LogP contribution is 1.98. The van der Waals surface area contributed by atoms with Gasteiger partial charge in [0.2, 0.25) is 5.91 Å². The maximum Gasteiger partial charge on any atom is 0.323 e. The van der Waals surface area contributed by atoms with Gasteiger partial charge in [-0.05, 0) is 0 Å². The number of hydrogen-bond acceptors (Lipinski definition) is 2. The second-order valence-electron chi connectivity index (χ2n) is 2.61. The molecule has 0 heterocycles. The molecule has 0 fully saturated rings. The van der Waals surface area contributed by atoms with E-state index in [0.29, 0.717) is 0 Å². The molecule has 0 aromatic carbocycles. The van der Waals surface area contributed by atoms with Gasteiger partial charge in [-0.25, -0.2) is 4.79 Å². The Morgan fingerprint density at radius 2 is 1.82 bits per heavy atom. The molecule has 4 heteroatoms. The summed E-state index contributed by atoms with van der Waals surface area (Å²) in [5.74, 6) is -0.318. The van der Waals surface area contributed by atoms with Crippen molar-refractivity contribution >= 4 is 11.9 Å². The van der Waals surface area contributed by atoms with E-state index in [1.807, 2.05) is 0 Å². The van der Waals surface area contributed by atoms with Crippen molar-refractivity contribution in [1.29, 1.82) is 0 Å². The molecule has 0 radical (unpaired) electrons. The van der Waals surface area contributed by atoms with Crippen LogP contribution in [0.4, 0.5) is 4.79 Å². The average molecular weight is 158 g/mol. The number of carbonyl (C=O) groups is 2. The van der Waals surface area contributed by atoms with E-state index >= 15 is 0 Å². The molecule has 0 aliphatic heterocycles. The lowest BCUT2D eigenvalue weighted by atomic mass is 10.2. The zero-order valence-corrected chi connectivity index (χ0v) is 7.34. The third-order valence-corrected chi connectivity index (χ3v) is 1.34. The number of hydrogen-bond donors (Lipinski definition) is 1. The van der Waals surface area contributed by atoms with Gasteiger partial charge in [-0.1, -0.05) is 13.8 Å². The van der Waals surface area contributed by atoms with Crippen LogP contribution in [0.2, 0.25) is 0 Å². The van der Waals surface area contributed by atoms with Crippen LogP contribution in [-0.2, 0) is 4.79 Å². The Morgan fingerprint density at radius 1 is 1.36 bits per heavy atom. The Hall–Kier alpha value is -1.06. The van der Waals surface area contributed by atoms with Gasteiger partial charge in [0.25, 0.3) is 0 Å². The van der Waals surface area contributed by atoms with E-state index in [1.165, 1.54) is 14.1 Å². The monoisotopic (exact) mass is 158 g/mol. The summed E-state index contributed by atoms with van der Waals surface area (Å²) in [7, 11) is 2.95. The van der Waals surface area contributed by atoms with Crippen molar-refractivity contribution in [1.82, 2.24) is 10.2 Å². The molecular weight excluding hydrogens is 144 g/mol. The molecule has 0 saturated carbocycles. The Bertz CT molecular complexity index is 166. The van der Waals surface area contributed by atoms with Crippen molar-refractivity contribution in [2.75, 3.05) is 14.1 Å². The van der Waals surface area contributed by atoms with Crippen molar-refractivity contribution in [3.8, 4) is 0 Å². The molecule has 0 atom stereocenters. The van der Waals surface area contributed by atoms with Gasteiger partial charge in [0.15, 0.2) is 0 Å². The first-order valence-electron chi connectivity index (χ1n) is 3.50. The van der Waals surface area contributed by atoms with Crippen LogP contribution >= 0.6 is 0 Å². The maximum atomic E-state index is 11.1. The molecule has 1 N–H and O–H groups in total. The first-order valence-corrected chi connectivity index (χ1v) is 3.50. The molecule has 11 heavy (non-hydrogen) atoms. The van der Waals surface area contributed by atoms with Gasteiger partial charge in [0.05, 0.1) is 0 Å². The Labute approximate surface area is 66.6 Å². The van der Waals surface area contributed by atoms with Gasteiger partial charge in [-0.3, -0.25) is 9.69 Å². The van der Waals surface area contributed by atoms with E-state index in [1.54, 1.807) is 13.8 Å². The van der Waals surface area contributed by atoms with Crippen LogP contribution in [0.25, 0.3) is 0 Å². The minimum atomic E-state index is -0.372. The first-order chi connectivity index (χ1) is 5.00.